The summed E-state index contributed by atoms with van der Waals surface area (Å²) < 4.78 is 6.04. The number of ether oxygens (including phenoxy) is 1. The van der Waals surface area contributed by atoms with Gasteiger partial charge in [-0.15, -0.1) is 0 Å². The van der Waals surface area contributed by atoms with Gasteiger partial charge in [0.2, 0.25) is 5.91 Å². The molecule has 1 aromatic carbocycles. The van der Waals surface area contributed by atoms with Crippen molar-refractivity contribution in [1.82, 2.24) is 5.32 Å². The van der Waals surface area contributed by atoms with E-state index in [1.165, 1.54) is 12.0 Å². The molecule has 4 heteroatoms. The second-order valence-corrected chi connectivity index (χ2v) is 9.55. The maximum Gasteiger partial charge on any atom is 0.220 e. The van der Waals surface area contributed by atoms with Gasteiger partial charge in [0.15, 0.2) is 0 Å². The van der Waals surface area contributed by atoms with E-state index in [0.717, 1.165) is 50.7 Å². The highest BCUT2D eigenvalue weighted by molar-refractivity contribution is 5.76. The number of aryl methyl sites for hydroxylation is 1. The van der Waals surface area contributed by atoms with Gasteiger partial charge in [-0.05, 0) is 80.2 Å². The fourth-order valence-corrected chi connectivity index (χ4v) is 6.76. The Kier molecular flexibility index (Phi) is 3.82. The fourth-order valence-electron chi connectivity index (χ4n) is 6.76. The van der Waals surface area contributed by atoms with Crippen LogP contribution < -0.4 is 10.1 Å². The van der Waals surface area contributed by atoms with Crippen LogP contribution in [-0.2, 0) is 11.2 Å². The van der Waals surface area contributed by atoms with Crippen molar-refractivity contribution in [3.63, 3.8) is 0 Å². The lowest BCUT2D eigenvalue weighted by Gasteiger charge is -2.60. The SMILES string of the molecule is O=C(CC12C[C@H]3C[C@@H](CC(O)(C3)C1)C2)NC[C@H]1CCc2ccccc2O1. The summed E-state index contributed by atoms with van der Waals surface area (Å²) in [5, 5.41) is 14.0. The van der Waals surface area contributed by atoms with Gasteiger partial charge in [0.05, 0.1) is 12.1 Å². The fraction of sp³-hybridized carbons (Fsp3) is 0.682. The molecule has 26 heavy (non-hydrogen) atoms. The van der Waals surface area contributed by atoms with E-state index >= 15 is 0 Å². The lowest BCUT2D eigenvalue weighted by atomic mass is 9.47. The van der Waals surface area contributed by atoms with Crippen LogP contribution in [0.2, 0.25) is 0 Å². The van der Waals surface area contributed by atoms with Crippen LogP contribution in [0.25, 0.3) is 0 Å². The molecule has 1 heterocycles. The van der Waals surface area contributed by atoms with Crippen LogP contribution >= 0.6 is 0 Å². The van der Waals surface area contributed by atoms with Gasteiger partial charge in [0, 0.05) is 6.42 Å². The Balaban J connectivity index is 1.17. The van der Waals surface area contributed by atoms with E-state index < -0.39 is 5.60 Å². The minimum atomic E-state index is -0.486. The Hall–Kier alpha value is -1.55. The number of fused-ring (bicyclic) bond motifs is 1. The molecular formula is C22H29NO3. The zero-order valence-electron chi connectivity index (χ0n) is 15.4. The highest BCUT2D eigenvalue weighted by atomic mass is 16.5. The van der Waals surface area contributed by atoms with Crippen molar-refractivity contribution >= 4 is 5.91 Å². The van der Waals surface area contributed by atoms with E-state index in [1.807, 2.05) is 18.2 Å². The molecule has 140 valence electrons. The van der Waals surface area contributed by atoms with Crippen molar-refractivity contribution in [3.8, 4) is 5.75 Å². The van der Waals surface area contributed by atoms with E-state index in [2.05, 4.69) is 11.4 Å². The van der Waals surface area contributed by atoms with Gasteiger partial charge in [-0.3, -0.25) is 4.79 Å². The molecule has 0 spiro atoms. The van der Waals surface area contributed by atoms with E-state index in [0.29, 0.717) is 24.8 Å². The second-order valence-electron chi connectivity index (χ2n) is 9.55. The average Bonchev–Trinajstić information content (AvgIpc) is 2.57. The third-order valence-electron chi connectivity index (χ3n) is 7.22. The van der Waals surface area contributed by atoms with Crippen molar-refractivity contribution in [2.45, 2.75) is 69.5 Å². The molecule has 4 aliphatic carbocycles. The summed E-state index contributed by atoms with van der Waals surface area (Å²) in [5.41, 5.74) is 0.820. The highest BCUT2D eigenvalue weighted by Crippen LogP contribution is 2.62. The third-order valence-corrected chi connectivity index (χ3v) is 7.22. The van der Waals surface area contributed by atoms with Crippen molar-refractivity contribution in [2.24, 2.45) is 17.3 Å². The molecule has 0 radical (unpaired) electrons. The maximum absolute atomic E-state index is 12.7. The summed E-state index contributed by atoms with van der Waals surface area (Å²) in [7, 11) is 0. The van der Waals surface area contributed by atoms with Crippen LogP contribution in [-0.4, -0.2) is 29.3 Å². The molecule has 0 unspecified atom stereocenters. The van der Waals surface area contributed by atoms with Crippen LogP contribution in [0.15, 0.2) is 24.3 Å². The molecule has 0 aromatic heterocycles. The van der Waals surface area contributed by atoms with Crippen molar-refractivity contribution in [2.75, 3.05) is 6.54 Å². The number of rotatable bonds is 4. The van der Waals surface area contributed by atoms with Crippen molar-refractivity contribution in [1.29, 1.82) is 0 Å². The summed E-state index contributed by atoms with van der Waals surface area (Å²) in [6.07, 6.45) is 8.88. The lowest BCUT2D eigenvalue weighted by molar-refractivity contribution is -0.169. The first-order valence-electron chi connectivity index (χ1n) is 10.2. The first kappa shape index (κ1) is 16.6. The van der Waals surface area contributed by atoms with Gasteiger partial charge in [-0.2, -0.15) is 0 Å². The number of hydrogen-bond acceptors (Lipinski definition) is 3. The van der Waals surface area contributed by atoms with Gasteiger partial charge in [-0.1, -0.05) is 18.2 Å². The Morgan fingerprint density at radius 1 is 1.19 bits per heavy atom. The predicted molar refractivity (Wildman–Crippen MR) is 98.9 cm³/mol. The normalized spacial score (nSPS) is 40.0. The van der Waals surface area contributed by atoms with Gasteiger partial charge in [0.25, 0.3) is 0 Å². The highest BCUT2D eigenvalue weighted by Gasteiger charge is 2.57. The molecule has 1 aliphatic heterocycles. The maximum atomic E-state index is 12.7. The van der Waals surface area contributed by atoms with Crippen LogP contribution in [0.1, 0.15) is 56.9 Å². The van der Waals surface area contributed by atoms with Gasteiger partial charge < -0.3 is 15.2 Å². The van der Waals surface area contributed by atoms with E-state index in [-0.39, 0.29) is 17.4 Å². The smallest absolute Gasteiger partial charge is 0.220 e. The number of aliphatic hydroxyl groups is 1. The Bertz CT molecular complexity index is 701. The van der Waals surface area contributed by atoms with Crippen molar-refractivity contribution in [3.05, 3.63) is 29.8 Å². The molecule has 4 saturated carbocycles. The molecule has 4 nitrogen and oxygen atoms in total. The summed E-state index contributed by atoms with van der Waals surface area (Å²) in [6.45, 7) is 0.584. The third kappa shape index (κ3) is 3.02. The zero-order chi connectivity index (χ0) is 17.8. The Morgan fingerprint density at radius 2 is 1.96 bits per heavy atom. The molecule has 4 bridgehead atoms. The van der Waals surface area contributed by atoms with Crippen LogP contribution in [0.5, 0.6) is 5.75 Å². The molecule has 1 amide bonds. The standard InChI is InChI=1S/C22H29NO3/c24-20(23-13-18-6-5-17-3-1-2-4-19(17)26-18)12-21-8-15-7-16(9-21)11-22(25,10-15)14-21/h1-4,15-16,18,25H,5-14H2,(H,23,24)/t15-,16-,18-,21?,22?/m1/s1. The average molecular weight is 355 g/mol. The number of carbonyl (C=O) groups is 1. The molecular weight excluding hydrogens is 326 g/mol. The minimum absolute atomic E-state index is 0.0446. The topological polar surface area (TPSA) is 58.6 Å². The predicted octanol–water partition coefficient (Wildman–Crippen LogP) is 3.22. The van der Waals surface area contributed by atoms with E-state index in [9.17, 15) is 9.90 Å². The number of nitrogens with one attached hydrogen (secondary N) is 1. The van der Waals surface area contributed by atoms with Gasteiger partial charge in [-0.25, -0.2) is 0 Å². The quantitative estimate of drug-likeness (QED) is 0.872. The monoisotopic (exact) mass is 355 g/mol. The number of carbonyl (C=O) groups excluding carboxylic acids is 1. The summed E-state index contributed by atoms with van der Waals surface area (Å²) >= 11 is 0. The molecule has 4 fully saturated rings. The molecule has 3 atom stereocenters. The molecule has 5 aliphatic rings. The van der Waals surface area contributed by atoms with Crippen LogP contribution in [0, 0.1) is 17.3 Å². The van der Waals surface area contributed by atoms with Crippen LogP contribution in [0.4, 0.5) is 0 Å². The minimum Gasteiger partial charge on any atom is -0.488 e. The second kappa shape index (κ2) is 5.98. The first-order valence-corrected chi connectivity index (χ1v) is 10.2. The first-order chi connectivity index (χ1) is 12.5. The number of hydrogen-bond donors (Lipinski definition) is 2. The summed E-state index contributed by atoms with van der Waals surface area (Å²) in [6, 6.07) is 8.17. The van der Waals surface area contributed by atoms with Crippen molar-refractivity contribution < 1.29 is 14.6 Å². The lowest BCUT2D eigenvalue weighted by Crippen LogP contribution is -2.56. The molecule has 6 rings (SSSR count). The summed E-state index contributed by atoms with van der Waals surface area (Å²) in [4.78, 5) is 12.7. The molecule has 1 aromatic rings. The molecule has 2 N–H and O–H groups in total. The Morgan fingerprint density at radius 3 is 2.73 bits per heavy atom. The number of para-hydroxylation sites is 1. The Labute approximate surface area is 155 Å². The van der Waals surface area contributed by atoms with E-state index in [1.54, 1.807) is 0 Å². The molecule has 0 saturated heterocycles. The zero-order valence-corrected chi connectivity index (χ0v) is 15.4. The van der Waals surface area contributed by atoms with E-state index in [4.69, 9.17) is 4.74 Å². The largest absolute Gasteiger partial charge is 0.488 e. The van der Waals surface area contributed by atoms with Crippen LogP contribution in [0.3, 0.4) is 0 Å². The number of amides is 1. The van der Waals surface area contributed by atoms with Gasteiger partial charge in [0.1, 0.15) is 11.9 Å². The number of benzene rings is 1. The van der Waals surface area contributed by atoms with Gasteiger partial charge >= 0.3 is 0 Å². The summed E-state index contributed by atoms with van der Waals surface area (Å²) in [5.74, 6) is 2.36.